The van der Waals surface area contributed by atoms with Crippen LogP contribution in [0.3, 0.4) is 0 Å². The number of aromatic nitrogens is 3. The van der Waals surface area contributed by atoms with Crippen molar-refractivity contribution in [3.8, 4) is 22.8 Å². The maximum atomic E-state index is 12.9. The number of hydrogen-bond donors (Lipinski definition) is 1. The predicted molar refractivity (Wildman–Crippen MR) is 172 cm³/mol. The molecule has 0 spiro atoms. The van der Waals surface area contributed by atoms with Crippen molar-refractivity contribution in [2.24, 2.45) is 4.99 Å². The van der Waals surface area contributed by atoms with Crippen LogP contribution in [-0.2, 0) is 11.2 Å². The summed E-state index contributed by atoms with van der Waals surface area (Å²) in [5.41, 5.74) is 5.17. The second-order valence-electron chi connectivity index (χ2n) is 11.3. The van der Waals surface area contributed by atoms with Crippen LogP contribution >= 0.6 is 11.8 Å². The highest BCUT2D eigenvalue weighted by atomic mass is 32.2. The number of benzene rings is 3. The van der Waals surface area contributed by atoms with E-state index in [-0.39, 0.29) is 29.4 Å². The van der Waals surface area contributed by atoms with Crippen molar-refractivity contribution in [1.29, 1.82) is 0 Å². The van der Waals surface area contributed by atoms with E-state index in [0.717, 1.165) is 27.9 Å². The molecule has 5 rings (SSSR count). The molecule has 46 heavy (non-hydrogen) atoms. The number of alkyl halides is 3. The lowest BCUT2D eigenvalue weighted by Gasteiger charge is -2.22. The van der Waals surface area contributed by atoms with Crippen molar-refractivity contribution in [3.63, 3.8) is 0 Å². The highest BCUT2D eigenvalue weighted by Crippen LogP contribution is 2.34. The molecule has 3 amide bonds. The number of hydrogen-bond acceptors (Lipinski definition) is 6. The lowest BCUT2D eigenvalue weighted by Crippen LogP contribution is -2.34. The molecule has 1 aromatic heterocycles. The zero-order valence-electron chi connectivity index (χ0n) is 25.7. The molecule has 9 nitrogen and oxygen atoms in total. The SMILES string of the molecule is Cc1ccc(C(C)C)c(N2C(=O)CS/C2=N\C(=O)NC(C)CCc2ccc(-c3ncn(-c4ccc(OC(F)(F)F)cc4)n3)cc2)c1. The summed E-state index contributed by atoms with van der Waals surface area (Å²) in [5, 5.41) is 7.73. The quantitative estimate of drug-likeness (QED) is 0.202. The van der Waals surface area contributed by atoms with E-state index in [1.165, 1.54) is 47.0 Å². The summed E-state index contributed by atoms with van der Waals surface area (Å²) in [6, 6.07) is 18.4. The molecule has 0 bridgehead atoms. The molecule has 4 aromatic rings. The van der Waals surface area contributed by atoms with Crippen molar-refractivity contribution >= 4 is 34.6 Å². The van der Waals surface area contributed by atoms with E-state index in [4.69, 9.17) is 0 Å². The second kappa shape index (κ2) is 13.8. The van der Waals surface area contributed by atoms with Crippen LogP contribution < -0.4 is 15.0 Å². The fourth-order valence-electron chi connectivity index (χ4n) is 4.94. The number of aliphatic imine (C=N–C) groups is 1. The monoisotopic (exact) mass is 650 g/mol. The average Bonchev–Trinajstić information content (AvgIpc) is 3.63. The number of halogens is 3. The number of carbonyl (C=O) groups is 2. The molecule has 3 aromatic carbocycles. The molecule has 2 heterocycles. The molecule has 1 fully saturated rings. The van der Waals surface area contributed by atoms with Crippen LogP contribution in [0.15, 0.2) is 78.0 Å². The van der Waals surface area contributed by atoms with E-state index in [9.17, 15) is 22.8 Å². The number of thioether (sulfide) groups is 1. The molecular weight excluding hydrogens is 617 g/mol. The minimum Gasteiger partial charge on any atom is -0.406 e. The van der Waals surface area contributed by atoms with E-state index in [1.54, 1.807) is 4.90 Å². The van der Waals surface area contributed by atoms with Gasteiger partial charge in [0, 0.05) is 11.6 Å². The van der Waals surface area contributed by atoms with Gasteiger partial charge in [-0.1, -0.05) is 62.0 Å². The molecule has 1 atom stereocenters. The van der Waals surface area contributed by atoms with Crippen LogP contribution in [0.1, 0.15) is 49.8 Å². The van der Waals surface area contributed by atoms with Crippen molar-refractivity contribution in [2.45, 2.75) is 58.9 Å². The largest absolute Gasteiger partial charge is 0.573 e. The van der Waals surface area contributed by atoms with Crippen molar-refractivity contribution in [1.82, 2.24) is 20.1 Å². The standard InChI is InChI=1S/C33H33F3N6O3S/c1-20(2)27-16-5-21(3)17-28(27)42-29(43)18-46-32(42)39-31(44)38-22(4)6-7-23-8-10-24(11-9-23)30-37-19-41(40-30)25-12-14-26(15-13-25)45-33(34,35)36/h5,8-17,19-20,22H,6-7,18H2,1-4H3,(H,38,44)/b39-32-. The summed E-state index contributed by atoms with van der Waals surface area (Å²) in [6.45, 7) is 8.01. The first-order valence-corrected chi connectivity index (χ1v) is 15.7. The van der Waals surface area contributed by atoms with E-state index >= 15 is 0 Å². The number of urea groups is 1. The van der Waals surface area contributed by atoms with Crippen LogP contribution in [0.4, 0.5) is 23.7 Å². The Balaban J connectivity index is 1.16. The number of amides is 3. The fourth-order valence-corrected chi connectivity index (χ4v) is 5.80. The number of amidine groups is 1. The van der Waals surface area contributed by atoms with Crippen molar-refractivity contribution < 1.29 is 27.5 Å². The van der Waals surface area contributed by atoms with Gasteiger partial charge in [-0.15, -0.1) is 18.3 Å². The van der Waals surface area contributed by atoms with E-state index in [1.807, 2.05) is 56.3 Å². The van der Waals surface area contributed by atoms with Gasteiger partial charge in [-0.05, 0) is 79.6 Å². The zero-order valence-corrected chi connectivity index (χ0v) is 26.5. The summed E-state index contributed by atoms with van der Waals surface area (Å²) in [7, 11) is 0. The normalized spacial score (nSPS) is 15.1. The Kier molecular flexibility index (Phi) is 9.80. The van der Waals surface area contributed by atoms with Gasteiger partial charge in [-0.25, -0.2) is 14.5 Å². The number of nitrogens with one attached hydrogen (secondary N) is 1. The van der Waals surface area contributed by atoms with Gasteiger partial charge in [0.1, 0.15) is 12.1 Å². The van der Waals surface area contributed by atoms with Crippen LogP contribution in [0.25, 0.3) is 17.1 Å². The van der Waals surface area contributed by atoms with Crippen LogP contribution in [0.2, 0.25) is 0 Å². The molecule has 0 aliphatic carbocycles. The third kappa shape index (κ3) is 8.13. The molecule has 0 saturated carbocycles. The molecular formula is C33H33F3N6O3S. The van der Waals surface area contributed by atoms with Crippen LogP contribution in [0.5, 0.6) is 5.75 Å². The molecule has 13 heteroatoms. The maximum Gasteiger partial charge on any atom is 0.573 e. The number of nitrogens with zero attached hydrogens (tertiary/aromatic N) is 5. The topological polar surface area (TPSA) is 102 Å². The minimum absolute atomic E-state index is 0.101. The van der Waals surface area contributed by atoms with Gasteiger partial charge in [0.25, 0.3) is 0 Å². The molecule has 1 aliphatic rings. The maximum absolute atomic E-state index is 12.9. The molecule has 240 valence electrons. The van der Waals surface area contributed by atoms with Gasteiger partial charge in [0.2, 0.25) is 5.91 Å². The predicted octanol–water partition coefficient (Wildman–Crippen LogP) is 7.43. The van der Waals surface area contributed by atoms with Gasteiger partial charge < -0.3 is 10.1 Å². The van der Waals surface area contributed by atoms with Crippen LogP contribution in [-0.4, -0.2) is 50.0 Å². The lowest BCUT2D eigenvalue weighted by atomic mass is 9.99. The average molecular weight is 651 g/mol. The van der Waals surface area contributed by atoms with Gasteiger partial charge in [0.15, 0.2) is 11.0 Å². The highest BCUT2D eigenvalue weighted by Gasteiger charge is 2.33. The zero-order chi connectivity index (χ0) is 33.0. The number of ether oxygens (including phenoxy) is 1. The fraction of sp³-hybridized carbons (Fsp3) is 0.303. The Hall–Kier alpha value is -4.65. The lowest BCUT2D eigenvalue weighted by molar-refractivity contribution is -0.274. The van der Waals surface area contributed by atoms with E-state index in [2.05, 4.69) is 39.0 Å². The minimum atomic E-state index is -4.76. The van der Waals surface area contributed by atoms with E-state index in [0.29, 0.717) is 29.5 Å². The molecule has 1 saturated heterocycles. The number of rotatable bonds is 9. The third-order valence-electron chi connectivity index (χ3n) is 7.29. The Morgan fingerprint density at radius 2 is 1.78 bits per heavy atom. The van der Waals surface area contributed by atoms with Gasteiger partial charge >= 0.3 is 12.4 Å². The first-order valence-electron chi connectivity index (χ1n) is 14.7. The Bertz CT molecular complexity index is 1740. The second-order valence-corrected chi connectivity index (χ2v) is 12.2. The number of carbonyl (C=O) groups excluding carboxylic acids is 2. The van der Waals surface area contributed by atoms with E-state index < -0.39 is 12.4 Å². The Morgan fingerprint density at radius 3 is 2.46 bits per heavy atom. The highest BCUT2D eigenvalue weighted by molar-refractivity contribution is 8.15. The summed E-state index contributed by atoms with van der Waals surface area (Å²) in [4.78, 5) is 35.8. The van der Waals surface area contributed by atoms with Crippen molar-refractivity contribution in [3.05, 3.63) is 89.7 Å². The Morgan fingerprint density at radius 1 is 1.07 bits per heavy atom. The first kappa shape index (κ1) is 32.7. The molecule has 1 N–H and O–H groups in total. The Labute approximate surface area is 268 Å². The molecule has 0 radical (unpaired) electrons. The molecule has 1 unspecified atom stereocenters. The number of aryl methyl sites for hydroxylation is 2. The summed E-state index contributed by atoms with van der Waals surface area (Å²) in [6.07, 6.45) is -1.90. The van der Waals surface area contributed by atoms with Crippen LogP contribution in [0, 0.1) is 6.92 Å². The number of anilines is 1. The first-order chi connectivity index (χ1) is 21.9. The third-order valence-corrected chi connectivity index (χ3v) is 8.21. The van der Waals surface area contributed by atoms with Gasteiger partial charge in [0.05, 0.1) is 17.1 Å². The summed E-state index contributed by atoms with van der Waals surface area (Å²) in [5.74, 6) is 0.473. The molecule has 1 aliphatic heterocycles. The summed E-state index contributed by atoms with van der Waals surface area (Å²) >= 11 is 1.26. The van der Waals surface area contributed by atoms with Gasteiger partial charge in [-0.3, -0.25) is 9.69 Å². The smallest absolute Gasteiger partial charge is 0.406 e. The summed E-state index contributed by atoms with van der Waals surface area (Å²) < 4.78 is 42.6. The van der Waals surface area contributed by atoms with Gasteiger partial charge in [-0.2, -0.15) is 4.99 Å². The van der Waals surface area contributed by atoms with Crippen molar-refractivity contribution in [2.75, 3.05) is 10.7 Å².